The molecule has 36 heavy (non-hydrogen) atoms. The van der Waals surface area contributed by atoms with Crippen LogP contribution in [-0.2, 0) is 14.4 Å². The zero-order valence-corrected chi connectivity index (χ0v) is 20.1. The molecular formula is C28H22ClN3O4. The Kier molecular flexibility index (Phi) is 6.31. The number of carbonyl (C=O) groups is 3. The summed E-state index contributed by atoms with van der Waals surface area (Å²) in [7, 11) is 0. The minimum Gasteiger partial charge on any atom is -0.483 e. The number of nitrogens with one attached hydrogen (secondary N) is 2. The van der Waals surface area contributed by atoms with Crippen molar-refractivity contribution in [2.24, 2.45) is 0 Å². The van der Waals surface area contributed by atoms with Gasteiger partial charge in [-0.3, -0.25) is 19.3 Å². The summed E-state index contributed by atoms with van der Waals surface area (Å²) >= 11 is 5.96. The number of aryl methyl sites for hydroxylation is 1. The molecule has 7 nitrogen and oxygen atoms in total. The Balaban J connectivity index is 1.35. The highest BCUT2D eigenvalue weighted by atomic mass is 35.5. The number of ether oxygens (including phenoxy) is 1. The maximum absolute atomic E-state index is 13.0. The molecule has 0 bridgehead atoms. The van der Waals surface area contributed by atoms with Crippen LogP contribution in [0.4, 0.5) is 22.7 Å². The molecule has 1 aliphatic heterocycles. The van der Waals surface area contributed by atoms with E-state index in [1.165, 1.54) is 4.90 Å². The second-order valence-electron chi connectivity index (χ2n) is 8.43. The average Bonchev–Trinajstić information content (AvgIpc) is 2.98. The minimum absolute atomic E-state index is 0.164. The van der Waals surface area contributed by atoms with E-state index >= 15 is 0 Å². The maximum atomic E-state index is 13.0. The highest BCUT2D eigenvalue weighted by molar-refractivity contribution is 6.30. The molecule has 0 aliphatic carbocycles. The fraction of sp³-hybridized carbons (Fsp3) is 0.107. The van der Waals surface area contributed by atoms with E-state index in [2.05, 4.69) is 10.6 Å². The molecule has 180 valence electrons. The standard InChI is InChI=1S/C28H22ClN3O4/c1-17-14-19(29)7-13-24(17)36-16-26(34)30-20-8-10-21(11-9-20)32-23-12-6-18-4-2-3-5-22(18)28(23)31-25(33)15-27(32)35/h2-14H,15-16H2,1H3,(H,30,34)(H,31,33). The number of amides is 3. The number of anilines is 4. The second-order valence-corrected chi connectivity index (χ2v) is 8.86. The SMILES string of the molecule is Cc1cc(Cl)ccc1OCC(=O)Nc1ccc(N2C(=O)CC(=O)Nc3c2ccc2ccccc32)cc1. The Morgan fingerprint density at radius 2 is 1.81 bits per heavy atom. The quantitative estimate of drug-likeness (QED) is 0.338. The van der Waals surface area contributed by atoms with Crippen LogP contribution in [0, 0.1) is 6.92 Å². The molecule has 1 aliphatic rings. The van der Waals surface area contributed by atoms with Gasteiger partial charge in [0, 0.05) is 21.8 Å². The van der Waals surface area contributed by atoms with Crippen molar-refractivity contribution in [2.45, 2.75) is 13.3 Å². The predicted octanol–water partition coefficient (Wildman–Crippen LogP) is 5.83. The van der Waals surface area contributed by atoms with Crippen LogP contribution in [0.3, 0.4) is 0 Å². The minimum atomic E-state index is -0.361. The molecule has 0 fully saturated rings. The Morgan fingerprint density at radius 3 is 2.58 bits per heavy atom. The number of hydrogen-bond acceptors (Lipinski definition) is 4. The van der Waals surface area contributed by atoms with E-state index in [4.69, 9.17) is 16.3 Å². The van der Waals surface area contributed by atoms with Gasteiger partial charge in [0.05, 0.1) is 11.4 Å². The molecular weight excluding hydrogens is 478 g/mol. The van der Waals surface area contributed by atoms with Crippen molar-refractivity contribution in [2.75, 3.05) is 22.1 Å². The third-order valence-electron chi connectivity index (χ3n) is 5.88. The highest BCUT2D eigenvalue weighted by Gasteiger charge is 2.28. The van der Waals surface area contributed by atoms with Gasteiger partial charge >= 0.3 is 0 Å². The molecule has 8 heteroatoms. The molecule has 2 N–H and O–H groups in total. The fourth-order valence-corrected chi connectivity index (χ4v) is 4.43. The maximum Gasteiger partial charge on any atom is 0.262 e. The Morgan fingerprint density at radius 1 is 1.03 bits per heavy atom. The third kappa shape index (κ3) is 4.74. The van der Waals surface area contributed by atoms with Gasteiger partial charge in [0.15, 0.2) is 6.61 Å². The summed E-state index contributed by atoms with van der Waals surface area (Å²) in [4.78, 5) is 39.4. The Bertz CT molecular complexity index is 1500. The molecule has 4 aromatic rings. The summed E-state index contributed by atoms with van der Waals surface area (Å²) in [6, 6.07) is 23.5. The van der Waals surface area contributed by atoms with Crippen molar-refractivity contribution in [3.63, 3.8) is 0 Å². The normalized spacial score (nSPS) is 13.1. The number of rotatable bonds is 5. The topological polar surface area (TPSA) is 87.7 Å². The smallest absolute Gasteiger partial charge is 0.262 e. The molecule has 0 atom stereocenters. The first-order valence-electron chi connectivity index (χ1n) is 11.3. The molecule has 0 saturated carbocycles. The third-order valence-corrected chi connectivity index (χ3v) is 6.11. The van der Waals surface area contributed by atoms with Gasteiger partial charge in [-0.05, 0) is 66.4 Å². The molecule has 0 unspecified atom stereocenters. The van der Waals surface area contributed by atoms with Crippen molar-refractivity contribution in [1.29, 1.82) is 0 Å². The molecule has 4 aromatic carbocycles. The molecule has 0 radical (unpaired) electrons. The van der Waals surface area contributed by atoms with Gasteiger partial charge in [0.25, 0.3) is 5.91 Å². The van der Waals surface area contributed by atoms with Crippen molar-refractivity contribution in [1.82, 2.24) is 0 Å². The van der Waals surface area contributed by atoms with Crippen LogP contribution in [-0.4, -0.2) is 24.3 Å². The van der Waals surface area contributed by atoms with Gasteiger partial charge in [-0.15, -0.1) is 0 Å². The van der Waals surface area contributed by atoms with E-state index < -0.39 is 0 Å². The number of fused-ring (bicyclic) bond motifs is 3. The summed E-state index contributed by atoms with van der Waals surface area (Å²) in [6.07, 6.45) is -0.275. The Hall–Kier alpha value is -4.36. The summed E-state index contributed by atoms with van der Waals surface area (Å²) in [6.45, 7) is 1.69. The largest absolute Gasteiger partial charge is 0.483 e. The van der Waals surface area contributed by atoms with Crippen LogP contribution < -0.4 is 20.3 Å². The van der Waals surface area contributed by atoms with Gasteiger partial charge in [0.2, 0.25) is 11.8 Å². The van der Waals surface area contributed by atoms with E-state index in [0.29, 0.717) is 33.5 Å². The Labute approximate surface area is 212 Å². The number of halogens is 1. The van der Waals surface area contributed by atoms with Crippen LogP contribution in [0.5, 0.6) is 5.75 Å². The van der Waals surface area contributed by atoms with Gasteiger partial charge in [-0.1, -0.05) is 41.9 Å². The lowest BCUT2D eigenvalue weighted by Crippen LogP contribution is -2.26. The van der Waals surface area contributed by atoms with Gasteiger partial charge < -0.3 is 15.4 Å². The first-order valence-corrected chi connectivity index (χ1v) is 11.7. The van der Waals surface area contributed by atoms with E-state index in [0.717, 1.165) is 16.3 Å². The van der Waals surface area contributed by atoms with Crippen molar-refractivity contribution < 1.29 is 19.1 Å². The highest BCUT2D eigenvalue weighted by Crippen LogP contribution is 2.40. The van der Waals surface area contributed by atoms with Gasteiger partial charge in [-0.25, -0.2) is 0 Å². The second kappa shape index (κ2) is 9.71. The molecule has 3 amide bonds. The molecule has 0 spiro atoms. The van der Waals surface area contributed by atoms with Gasteiger partial charge in [-0.2, -0.15) is 0 Å². The van der Waals surface area contributed by atoms with Crippen LogP contribution in [0.1, 0.15) is 12.0 Å². The predicted molar refractivity (Wildman–Crippen MR) is 141 cm³/mol. The monoisotopic (exact) mass is 499 g/mol. The summed E-state index contributed by atoms with van der Waals surface area (Å²) in [5.74, 6) is -0.446. The molecule has 1 heterocycles. The lowest BCUT2D eigenvalue weighted by molar-refractivity contribution is -0.124. The summed E-state index contributed by atoms with van der Waals surface area (Å²) < 4.78 is 5.59. The van der Waals surface area contributed by atoms with E-state index in [1.54, 1.807) is 42.5 Å². The number of benzene rings is 4. The molecule has 0 saturated heterocycles. The first kappa shape index (κ1) is 23.4. The fourth-order valence-electron chi connectivity index (χ4n) is 4.20. The van der Waals surface area contributed by atoms with Crippen LogP contribution in [0.15, 0.2) is 78.9 Å². The zero-order valence-electron chi connectivity index (χ0n) is 19.4. The van der Waals surface area contributed by atoms with Gasteiger partial charge in [0.1, 0.15) is 12.2 Å². The lowest BCUT2D eigenvalue weighted by Gasteiger charge is -2.23. The first-order chi connectivity index (χ1) is 17.4. The van der Waals surface area contributed by atoms with E-state index in [-0.39, 0.29) is 30.7 Å². The average molecular weight is 500 g/mol. The molecule has 0 aromatic heterocycles. The van der Waals surface area contributed by atoms with E-state index in [1.807, 2.05) is 43.3 Å². The molecule has 5 rings (SSSR count). The number of nitrogens with zero attached hydrogens (tertiary/aromatic N) is 1. The number of hydrogen-bond donors (Lipinski definition) is 2. The van der Waals surface area contributed by atoms with Crippen molar-refractivity contribution >= 4 is 62.8 Å². The van der Waals surface area contributed by atoms with Crippen molar-refractivity contribution in [3.8, 4) is 5.75 Å². The van der Waals surface area contributed by atoms with Crippen molar-refractivity contribution in [3.05, 3.63) is 89.4 Å². The van der Waals surface area contributed by atoms with Crippen LogP contribution in [0.2, 0.25) is 5.02 Å². The summed E-state index contributed by atoms with van der Waals surface area (Å²) in [5.41, 5.74) is 3.15. The van der Waals surface area contributed by atoms with E-state index in [9.17, 15) is 14.4 Å². The van der Waals surface area contributed by atoms with Crippen LogP contribution in [0.25, 0.3) is 10.8 Å². The zero-order chi connectivity index (χ0) is 25.2. The number of carbonyl (C=O) groups excluding carboxylic acids is 3. The summed E-state index contributed by atoms with van der Waals surface area (Å²) in [5, 5.41) is 8.08. The van der Waals surface area contributed by atoms with Crippen LogP contribution >= 0.6 is 11.6 Å². The lowest BCUT2D eigenvalue weighted by atomic mass is 10.1.